The smallest absolute Gasteiger partial charge is 0.255 e. The molecule has 5 heteroatoms. The van der Waals surface area contributed by atoms with Gasteiger partial charge in [-0.25, -0.2) is 4.52 Å². The summed E-state index contributed by atoms with van der Waals surface area (Å²) < 4.78 is 1.72. The first-order valence-electron chi connectivity index (χ1n) is 7.02. The number of halogens is 1. The summed E-state index contributed by atoms with van der Waals surface area (Å²) in [4.78, 5) is 12.3. The molecule has 0 aliphatic carbocycles. The van der Waals surface area contributed by atoms with Crippen LogP contribution < -0.4 is 5.32 Å². The third-order valence-electron chi connectivity index (χ3n) is 3.44. The van der Waals surface area contributed by atoms with Gasteiger partial charge in [0.15, 0.2) is 0 Å². The minimum Gasteiger partial charge on any atom is -0.352 e. The Balaban J connectivity index is 2.01. The molecule has 0 radical (unpaired) electrons. The van der Waals surface area contributed by atoms with Crippen LogP contribution in [0, 0.1) is 5.92 Å². The van der Waals surface area contributed by atoms with Crippen LogP contribution in [0.15, 0.2) is 30.6 Å². The largest absolute Gasteiger partial charge is 0.352 e. The monoisotopic (exact) mass is 337 g/mol. The zero-order valence-corrected chi connectivity index (χ0v) is 13.3. The predicted octanol–water partition coefficient (Wildman–Crippen LogP) is 3.27. The molecule has 0 bridgehead atoms. The standard InChI is InChI=1S/C15H20BrN3O/c1-2-5-12(7-8-16)10-17-15(20)13-11-18-19-9-4-3-6-14(13)19/h3-4,6,9,11-12H,2,5,7-8,10H2,1H3,(H,17,20). The molecular formula is C15H20BrN3O. The quantitative estimate of drug-likeness (QED) is 0.788. The lowest BCUT2D eigenvalue weighted by Gasteiger charge is -2.15. The molecule has 0 aliphatic heterocycles. The molecule has 2 rings (SSSR count). The number of hydrogen-bond donors (Lipinski definition) is 1. The first-order chi connectivity index (χ1) is 9.76. The summed E-state index contributed by atoms with van der Waals surface area (Å²) in [7, 11) is 0. The van der Waals surface area contributed by atoms with E-state index in [0.29, 0.717) is 11.5 Å². The highest BCUT2D eigenvalue weighted by Gasteiger charge is 2.14. The van der Waals surface area contributed by atoms with Crippen molar-refractivity contribution in [2.24, 2.45) is 5.92 Å². The highest BCUT2D eigenvalue weighted by atomic mass is 79.9. The van der Waals surface area contributed by atoms with Gasteiger partial charge in [0.2, 0.25) is 0 Å². The van der Waals surface area contributed by atoms with Crippen molar-refractivity contribution in [2.75, 3.05) is 11.9 Å². The van der Waals surface area contributed by atoms with Gasteiger partial charge >= 0.3 is 0 Å². The molecule has 20 heavy (non-hydrogen) atoms. The average Bonchev–Trinajstić information content (AvgIpc) is 2.89. The molecule has 2 aromatic heterocycles. The molecule has 1 unspecified atom stereocenters. The molecule has 1 atom stereocenters. The molecule has 4 nitrogen and oxygen atoms in total. The predicted molar refractivity (Wildman–Crippen MR) is 84.3 cm³/mol. The Hall–Kier alpha value is -1.36. The number of aromatic nitrogens is 2. The SMILES string of the molecule is CCCC(CCBr)CNC(=O)c1cnn2ccccc12. The van der Waals surface area contributed by atoms with Crippen LogP contribution >= 0.6 is 15.9 Å². The molecule has 0 saturated heterocycles. The van der Waals surface area contributed by atoms with Crippen molar-refractivity contribution >= 4 is 27.4 Å². The van der Waals surface area contributed by atoms with Crippen molar-refractivity contribution in [3.8, 4) is 0 Å². The fourth-order valence-electron chi connectivity index (χ4n) is 2.35. The van der Waals surface area contributed by atoms with Gasteiger partial charge < -0.3 is 5.32 Å². The summed E-state index contributed by atoms with van der Waals surface area (Å²) in [6.07, 6.45) is 6.84. The van der Waals surface area contributed by atoms with Crippen LogP contribution in [0.3, 0.4) is 0 Å². The third-order valence-corrected chi connectivity index (χ3v) is 3.89. The number of fused-ring (bicyclic) bond motifs is 1. The van der Waals surface area contributed by atoms with Gasteiger partial charge in [-0.1, -0.05) is 35.3 Å². The topological polar surface area (TPSA) is 46.4 Å². The Morgan fingerprint density at radius 3 is 3.05 bits per heavy atom. The molecule has 2 aromatic rings. The van der Waals surface area contributed by atoms with Gasteiger partial charge in [-0.3, -0.25) is 4.79 Å². The van der Waals surface area contributed by atoms with Crippen LogP contribution in [-0.4, -0.2) is 27.4 Å². The van der Waals surface area contributed by atoms with E-state index in [4.69, 9.17) is 0 Å². The van der Waals surface area contributed by atoms with Crippen LogP contribution in [0.1, 0.15) is 36.5 Å². The van der Waals surface area contributed by atoms with Crippen molar-refractivity contribution in [3.63, 3.8) is 0 Å². The summed E-state index contributed by atoms with van der Waals surface area (Å²) in [5.41, 5.74) is 1.48. The summed E-state index contributed by atoms with van der Waals surface area (Å²) >= 11 is 3.47. The maximum atomic E-state index is 12.3. The Kier molecular flexibility index (Phi) is 5.59. The van der Waals surface area contributed by atoms with Crippen LogP contribution in [0.25, 0.3) is 5.52 Å². The van der Waals surface area contributed by atoms with Gasteiger partial charge in [0.05, 0.1) is 17.3 Å². The molecule has 1 amide bonds. The second kappa shape index (κ2) is 7.43. The Labute approximate surface area is 127 Å². The fourth-order valence-corrected chi connectivity index (χ4v) is 3.00. The molecular weight excluding hydrogens is 318 g/mol. The highest BCUT2D eigenvalue weighted by molar-refractivity contribution is 9.09. The van der Waals surface area contributed by atoms with Gasteiger partial charge in [-0.2, -0.15) is 5.10 Å². The number of amides is 1. The number of hydrogen-bond acceptors (Lipinski definition) is 2. The number of nitrogens with zero attached hydrogens (tertiary/aromatic N) is 2. The zero-order valence-electron chi connectivity index (χ0n) is 11.7. The number of alkyl halides is 1. The van der Waals surface area contributed by atoms with Crippen LogP contribution in [0.4, 0.5) is 0 Å². The van der Waals surface area contributed by atoms with E-state index in [2.05, 4.69) is 33.3 Å². The average molecular weight is 338 g/mol. The summed E-state index contributed by atoms with van der Waals surface area (Å²) in [5, 5.41) is 8.20. The van der Waals surface area contributed by atoms with E-state index in [1.54, 1.807) is 10.7 Å². The van der Waals surface area contributed by atoms with E-state index >= 15 is 0 Å². The van der Waals surface area contributed by atoms with Gasteiger partial charge in [0.1, 0.15) is 0 Å². The highest BCUT2D eigenvalue weighted by Crippen LogP contribution is 2.13. The molecule has 0 spiro atoms. The Bertz CT molecular complexity index is 561. The molecule has 0 fully saturated rings. The molecule has 2 heterocycles. The second-order valence-electron chi connectivity index (χ2n) is 4.93. The van der Waals surface area contributed by atoms with E-state index in [1.807, 2.05) is 24.4 Å². The maximum absolute atomic E-state index is 12.3. The third kappa shape index (κ3) is 3.60. The van der Waals surface area contributed by atoms with Gasteiger partial charge in [-0.05, 0) is 30.9 Å². The lowest BCUT2D eigenvalue weighted by Crippen LogP contribution is -2.29. The van der Waals surface area contributed by atoms with E-state index in [0.717, 1.165) is 36.7 Å². The maximum Gasteiger partial charge on any atom is 0.255 e. The lowest BCUT2D eigenvalue weighted by molar-refractivity contribution is 0.0947. The number of nitrogens with one attached hydrogen (secondary N) is 1. The summed E-state index contributed by atoms with van der Waals surface area (Å²) in [6, 6.07) is 5.72. The van der Waals surface area contributed by atoms with E-state index in [9.17, 15) is 4.79 Å². The molecule has 1 N–H and O–H groups in total. The summed E-state index contributed by atoms with van der Waals surface area (Å²) in [6.45, 7) is 2.90. The number of carbonyl (C=O) groups excluding carboxylic acids is 1. The fraction of sp³-hybridized carbons (Fsp3) is 0.467. The van der Waals surface area contributed by atoms with Crippen LogP contribution in [0.5, 0.6) is 0 Å². The van der Waals surface area contributed by atoms with Crippen LogP contribution in [0.2, 0.25) is 0 Å². The minimum absolute atomic E-state index is 0.0399. The van der Waals surface area contributed by atoms with Crippen molar-refractivity contribution in [2.45, 2.75) is 26.2 Å². The summed E-state index contributed by atoms with van der Waals surface area (Å²) in [5.74, 6) is 0.493. The van der Waals surface area contributed by atoms with Crippen molar-refractivity contribution in [3.05, 3.63) is 36.2 Å². The van der Waals surface area contributed by atoms with Gasteiger partial charge in [-0.15, -0.1) is 0 Å². The lowest BCUT2D eigenvalue weighted by atomic mass is 10.0. The van der Waals surface area contributed by atoms with Crippen molar-refractivity contribution in [1.82, 2.24) is 14.9 Å². The van der Waals surface area contributed by atoms with Gasteiger partial charge in [0, 0.05) is 18.1 Å². The van der Waals surface area contributed by atoms with Crippen molar-refractivity contribution < 1.29 is 4.79 Å². The molecule has 108 valence electrons. The second-order valence-corrected chi connectivity index (χ2v) is 5.72. The normalized spacial score (nSPS) is 12.5. The minimum atomic E-state index is -0.0399. The van der Waals surface area contributed by atoms with Gasteiger partial charge in [0.25, 0.3) is 5.91 Å². The van der Waals surface area contributed by atoms with E-state index < -0.39 is 0 Å². The molecule has 0 aliphatic rings. The Morgan fingerprint density at radius 1 is 1.45 bits per heavy atom. The van der Waals surface area contributed by atoms with E-state index in [1.165, 1.54) is 0 Å². The van der Waals surface area contributed by atoms with Crippen molar-refractivity contribution in [1.29, 1.82) is 0 Å². The van der Waals surface area contributed by atoms with E-state index in [-0.39, 0.29) is 5.91 Å². The zero-order chi connectivity index (χ0) is 14.4. The first kappa shape index (κ1) is 15.0. The molecule has 0 aromatic carbocycles. The number of pyridine rings is 1. The van der Waals surface area contributed by atoms with Crippen LogP contribution in [-0.2, 0) is 0 Å². The Morgan fingerprint density at radius 2 is 2.30 bits per heavy atom. The number of rotatable bonds is 7. The molecule has 0 saturated carbocycles. The number of carbonyl (C=O) groups is 1. The first-order valence-corrected chi connectivity index (χ1v) is 8.15.